The molecule has 3 aromatic carbocycles. The van der Waals surface area contributed by atoms with Gasteiger partial charge in [0.1, 0.15) is 35.5 Å². The molecule has 712 valence electrons. The monoisotopic (exact) mass is 1820 g/mol. The zero-order valence-corrected chi connectivity index (χ0v) is 77.2. The first-order valence-electron chi connectivity index (χ1n) is 44.5. The highest BCUT2D eigenvalue weighted by Gasteiger charge is 2.42. The number of carbonyl (C=O) groups excluding carboxylic acids is 16. The standard InChI is InChI=1S/C92H138ClN17O19/c1-53(2)39-72(102-60(10)113)88(127)105-84(59(9)112)86(125)85(124)70(41-61-25-21-20-22-26-61)109-110-91(11)36-23-18-16-14-13-15-17-19-24-37-92(12,90(129)104-74(52-111)81(121)50-97-55(5)75(115)35-38-96-57(7)78(118)46-94)106-89(128)73(40-54(3)4)108-107-67(33-34-83(95)123)80(120)49-98-56(6)76(116)45-77(117)69(43-63-47-100-68-44-64(93)29-32-66(63)68)103-87(126)71(42-62-27-30-65(114)31-28-62)101-48-79(119)58(8)99-51-82(91)122/h15,17,20-22,25-32,44,47,53-59,67,69-74,84,96-101,107-112,114H,13-14,16,18-19,23-24,33-43,45-46,48-52,94H2,1-12H3,(H2,95,123)(H,102,113)(H,103,126)(H,104,129)(H,105,127)(H,106,128)/b17-15+/t55-,56-,57-,58-,59+,67-,69-,70-,71-,72-,73-,74-,84-,91+,92-/m0/s1. The van der Waals surface area contributed by atoms with Gasteiger partial charge >= 0.3 is 0 Å². The highest BCUT2D eigenvalue weighted by atomic mass is 35.5. The van der Waals surface area contributed by atoms with Crippen molar-refractivity contribution in [3.8, 4) is 5.75 Å². The van der Waals surface area contributed by atoms with Crippen molar-refractivity contribution in [1.29, 1.82) is 0 Å². The number of benzene rings is 3. The van der Waals surface area contributed by atoms with Gasteiger partial charge in [0, 0.05) is 54.9 Å². The van der Waals surface area contributed by atoms with Crippen LogP contribution in [0.1, 0.15) is 196 Å². The number of aromatic nitrogens is 1. The van der Waals surface area contributed by atoms with E-state index in [1.165, 1.54) is 53.7 Å². The number of phenols is 1. The first-order chi connectivity index (χ1) is 61.0. The molecule has 37 heteroatoms. The molecule has 15 atom stereocenters. The molecule has 1 aliphatic rings. The molecule has 0 radical (unpaired) electrons. The fourth-order valence-corrected chi connectivity index (χ4v) is 14.7. The number of aliphatic hydroxyl groups excluding tert-OH is 2. The second-order valence-corrected chi connectivity index (χ2v) is 35.4. The van der Waals surface area contributed by atoms with Crippen molar-refractivity contribution >= 4 is 116 Å². The molecule has 0 saturated heterocycles. The summed E-state index contributed by atoms with van der Waals surface area (Å²) < 4.78 is 0. The van der Waals surface area contributed by atoms with Gasteiger partial charge in [0.2, 0.25) is 47.0 Å². The molecule has 5 rings (SSSR count). The highest BCUT2D eigenvalue weighted by Crippen LogP contribution is 2.26. The van der Waals surface area contributed by atoms with Gasteiger partial charge in [-0.05, 0) is 172 Å². The van der Waals surface area contributed by atoms with Crippen molar-refractivity contribution in [3.63, 3.8) is 0 Å². The number of hydrazine groups is 2. The van der Waals surface area contributed by atoms with E-state index in [1.807, 2.05) is 39.8 Å². The number of ketones is 10. The van der Waals surface area contributed by atoms with Crippen LogP contribution in [-0.4, -0.2) is 249 Å². The molecule has 6 amide bonds. The number of fused-ring (bicyclic) bond motifs is 1. The molecule has 1 aliphatic heterocycles. The van der Waals surface area contributed by atoms with Crippen LogP contribution in [-0.2, 0) is 96.0 Å². The Balaban J connectivity index is 1.54. The number of primary amides is 1. The summed E-state index contributed by atoms with van der Waals surface area (Å²) in [4.78, 5) is 227. The Hall–Kier alpha value is -9.93. The SMILES string of the molecule is CC(=O)N[C@@H](CC(C)C)C(=O)N[C@H](C(=O)C(=O)[C@H](Cc1ccccc1)NN[C@]1(C)CCCCCC/C=C/CCC[C@@](C)(C(=O)N[C@@H](CO)C(=O)CN[C@@H](C)C(=O)CCN[C@@H](C)C(=O)CN)NC(=O)[C@H](CC(C)C)NN[C@@H](CCC(N)=O)C(=O)CN[C@@H](C)C(=O)CC(=O)[C@H](Cc2c[nH]c3cc(Cl)ccc23)NC(=O)[C@H](Cc2ccc(O)cc2)NCC(=O)[C@H](C)NCC1=O)[C@@H](C)O. The summed E-state index contributed by atoms with van der Waals surface area (Å²) in [5.74, 6) is -11.5. The van der Waals surface area contributed by atoms with Crippen molar-refractivity contribution < 1.29 is 92.0 Å². The fraction of sp³-hybridized carbons (Fsp3) is 0.587. The molecule has 0 aliphatic carbocycles. The largest absolute Gasteiger partial charge is 0.508 e. The zero-order chi connectivity index (χ0) is 95.8. The van der Waals surface area contributed by atoms with Crippen LogP contribution in [0.15, 0.2) is 91.1 Å². The minimum Gasteiger partial charge on any atom is -0.508 e. The quantitative estimate of drug-likeness (QED) is 0.0132. The topological polar surface area (TPSA) is 570 Å². The normalized spacial score (nSPS) is 22.8. The molecule has 4 aromatic rings. The lowest BCUT2D eigenvalue weighted by Gasteiger charge is -2.33. The van der Waals surface area contributed by atoms with Crippen LogP contribution in [0.25, 0.3) is 10.9 Å². The van der Waals surface area contributed by atoms with Gasteiger partial charge in [-0.25, -0.2) is 21.7 Å². The van der Waals surface area contributed by atoms with Crippen LogP contribution in [0.4, 0.5) is 0 Å². The van der Waals surface area contributed by atoms with Gasteiger partial charge in [-0.1, -0.05) is 119 Å². The van der Waals surface area contributed by atoms with Gasteiger partial charge in [0.15, 0.2) is 46.3 Å². The number of Topliss-reactive ketones (excluding diaryl/α,β-unsaturated/α-hetero) is 10. The van der Waals surface area contributed by atoms with Gasteiger partial charge < -0.3 is 79.6 Å². The van der Waals surface area contributed by atoms with E-state index in [0.717, 1.165) is 0 Å². The number of amides is 6. The first-order valence-corrected chi connectivity index (χ1v) is 44.9. The van der Waals surface area contributed by atoms with Gasteiger partial charge in [-0.2, -0.15) is 0 Å². The van der Waals surface area contributed by atoms with E-state index < -0.39 is 211 Å². The molecule has 0 fully saturated rings. The number of aromatic hydroxyl groups is 1. The average Bonchev–Trinajstić information content (AvgIpc) is 1.76. The molecule has 22 N–H and O–H groups in total. The van der Waals surface area contributed by atoms with Gasteiger partial charge in [0.05, 0.1) is 106 Å². The molecule has 0 bridgehead atoms. The number of hydrogen-bond acceptors (Lipinski definition) is 29. The Morgan fingerprint density at radius 1 is 0.620 bits per heavy atom. The maximum Gasteiger partial charge on any atom is 0.246 e. The van der Waals surface area contributed by atoms with Crippen molar-refractivity contribution in [1.82, 2.24) is 79.9 Å². The Kier molecular flexibility index (Phi) is 47.0. The van der Waals surface area contributed by atoms with E-state index in [1.54, 1.807) is 80.7 Å². The predicted molar refractivity (Wildman–Crippen MR) is 488 cm³/mol. The number of nitrogens with one attached hydrogen (secondary N) is 15. The Morgan fingerprint density at radius 3 is 1.91 bits per heavy atom. The predicted octanol–water partition coefficient (Wildman–Crippen LogP) is 1.55. The minimum atomic E-state index is -1.81. The van der Waals surface area contributed by atoms with Crippen molar-refractivity contribution in [2.45, 2.75) is 288 Å². The number of hydrogen-bond donors (Lipinski definition) is 20. The lowest BCUT2D eigenvalue weighted by atomic mass is 9.89. The second kappa shape index (κ2) is 55.3. The van der Waals surface area contributed by atoms with Crippen LogP contribution < -0.4 is 86.3 Å². The molecule has 36 nitrogen and oxygen atoms in total. The Labute approximate surface area is 760 Å². The van der Waals surface area contributed by atoms with Crippen LogP contribution in [0.5, 0.6) is 5.75 Å². The number of nitrogens with two attached hydrogens (primary N) is 2. The van der Waals surface area contributed by atoms with Crippen molar-refractivity contribution in [2.75, 3.05) is 45.9 Å². The molecule has 129 heavy (non-hydrogen) atoms. The van der Waals surface area contributed by atoms with Crippen LogP contribution >= 0.6 is 11.6 Å². The summed E-state index contributed by atoms with van der Waals surface area (Å²) in [6.45, 7) is 16.0. The van der Waals surface area contributed by atoms with E-state index in [2.05, 4.69) is 79.9 Å². The van der Waals surface area contributed by atoms with Crippen LogP contribution in [0.2, 0.25) is 5.02 Å². The lowest BCUT2D eigenvalue weighted by molar-refractivity contribution is -0.142. The molecule has 0 spiro atoms. The minimum absolute atomic E-state index is 0.00792. The maximum atomic E-state index is 15.1. The third kappa shape index (κ3) is 37.8. The van der Waals surface area contributed by atoms with E-state index in [9.17, 15) is 82.4 Å². The van der Waals surface area contributed by atoms with Gasteiger partial charge in [0.25, 0.3) is 0 Å². The van der Waals surface area contributed by atoms with Gasteiger partial charge in [-0.15, -0.1) is 0 Å². The highest BCUT2D eigenvalue weighted by molar-refractivity contribution is 6.41. The van der Waals surface area contributed by atoms with Crippen molar-refractivity contribution in [3.05, 3.63) is 113 Å². The fourth-order valence-electron chi connectivity index (χ4n) is 14.5. The number of rotatable bonds is 37. The molecule has 1 aromatic heterocycles. The Bertz CT molecular complexity index is 4470. The third-order valence-electron chi connectivity index (χ3n) is 22.9. The molecular formula is C92H138ClN17O19. The van der Waals surface area contributed by atoms with E-state index in [4.69, 9.17) is 23.1 Å². The van der Waals surface area contributed by atoms with Crippen LogP contribution in [0.3, 0.4) is 0 Å². The summed E-state index contributed by atoms with van der Waals surface area (Å²) in [6, 6.07) is 4.78. The number of H-pyrrole nitrogens is 1. The number of carbonyl (C=O) groups is 16. The van der Waals surface area contributed by atoms with E-state index >= 15 is 9.59 Å². The number of allylic oxidation sites excluding steroid dienone is 2. The summed E-state index contributed by atoms with van der Waals surface area (Å²) in [5.41, 5.74) is 21.8. The molecule has 0 unspecified atom stereocenters. The molecule has 2 heterocycles. The number of aromatic amines is 1. The summed E-state index contributed by atoms with van der Waals surface area (Å²) in [5, 5.41) is 61.1. The first kappa shape index (κ1) is 110. The van der Waals surface area contributed by atoms with Crippen molar-refractivity contribution in [2.24, 2.45) is 23.3 Å². The number of aliphatic hydroxyl groups is 2. The van der Waals surface area contributed by atoms with E-state index in [-0.39, 0.29) is 113 Å². The van der Waals surface area contributed by atoms with Gasteiger partial charge in [-0.3, -0.25) is 82.0 Å². The number of halogens is 1. The van der Waals surface area contributed by atoms with E-state index in [0.29, 0.717) is 71.1 Å². The number of phenolic OH excluding ortho intramolecular Hbond substituents is 1. The smallest absolute Gasteiger partial charge is 0.246 e. The second-order valence-electron chi connectivity index (χ2n) is 34.9. The average molecular weight is 1820 g/mol. The lowest BCUT2D eigenvalue weighted by Crippen LogP contribution is -2.64. The van der Waals surface area contributed by atoms with Crippen LogP contribution in [0, 0.1) is 11.8 Å². The zero-order valence-electron chi connectivity index (χ0n) is 76.4. The summed E-state index contributed by atoms with van der Waals surface area (Å²) >= 11 is 6.37. The molecule has 0 saturated carbocycles. The third-order valence-corrected chi connectivity index (χ3v) is 23.1. The maximum absolute atomic E-state index is 15.1. The Morgan fingerprint density at radius 2 is 1.26 bits per heavy atom. The molecular weight excluding hydrogens is 1680 g/mol. The summed E-state index contributed by atoms with van der Waals surface area (Å²) in [6.07, 6.45) is 5.94. The summed E-state index contributed by atoms with van der Waals surface area (Å²) in [7, 11) is 0.